The minimum absolute atomic E-state index is 0.747. The van der Waals surface area contributed by atoms with Gasteiger partial charge in [-0.15, -0.1) is 0 Å². The number of hydrogen-bond donors (Lipinski definition) is 0. The first-order chi connectivity index (χ1) is 11.5. The predicted octanol–water partition coefficient (Wildman–Crippen LogP) is 7.21. The van der Waals surface area contributed by atoms with Crippen molar-refractivity contribution in [3.8, 4) is 0 Å². The molecule has 0 aromatic heterocycles. The van der Waals surface area contributed by atoms with Crippen LogP contribution in [0.1, 0.15) is 35.9 Å². The zero-order valence-electron chi connectivity index (χ0n) is 15.6. The fourth-order valence-corrected chi connectivity index (χ4v) is 13.1. The minimum atomic E-state index is -1.46. The molecule has 1 aromatic carbocycles. The van der Waals surface area contributed by atoms with E-state index in [-0.39, 0.29) is 0 Å². The summed E-state index contributed by atoms with van der Waals surface area (Å²) in [6.45, 7) is 15.9. The molecule has 2 aliphatic rings. The first-order valence-electron chi connectivity index (χ1n) is 9.53. The third-order valence-electron chi connectivity index (χ3n) is 5.97. The molecule has 126 valence electrons. The number of allylic oxidation sites excluding steroid dienone is 4. The van der Waals surface area contributed by atoms with E-state index < -0.39 is 29.5 Å². The zero-order chi connectivity index (χ0) is 17.3. The molecule has 0 nitrogen and oxygen atoms in total. The van der Waals surface area contributed by atoms with E-state index in [1.54, 1.807) is 16.7 Å². The van der Waals surface area contributed by atoms with Crippen molar-refractivity contribution >= 4 is 13.6 Å². The van der Waals surface area contributed by atoms with Crippen LogP contribution in [0.25, 0.3) is 5.57 Å². The van der Waals surface area contributed by atoms with E-state index in [9.17, 15) is 0 Å². The van der Waals surface area contributed by atoms with Crippen LogP contribution in [0.3, 0.4) is 0 Å². The Balaban J connectivity index is 2.11. The molecule has 2 aliphatic carbocycles. The van der Waals surface area contributed by atoms with Gasteiger partial charge in [0.1, 0.15) is 0 Å². The predicted molar refractivity (Wildman–Crippen MR) is 107 cm³/mol. The first-order valence-corrected chi connectivity index (χ1v) is 16.7. The molecule has 24 heavy (non-hydrogen) atoms. The van der Waals surface area contributed by atoms with Crippen molar-refractivity contribution in [3.05, 3.63) is 66.3 Å². The third kappa shape index (κ3) is 3.29. The summed E-state index contributed by atoms with van der Waals surface area (Å²) in [7, 11) is -1.30. The van der Waals surface area contributed by atoms with Gasteiger partial charge in [0.2, 0.25) is 0 Å². The summed E-state index contributed by atoms with van der Waals surface area (Å²) >= 11 is -1.46. The van der Waals surface area contributed by atoms with Crippen molar-refractivity contribution in [2.75, 3.05) is 0 Å². The van der Waals surface area contributed by atoms with E-state index in [4.69, 9.17) is 0 Å². The molecule has 0 saturated carbocycles. The van der Waals surface area contributed by atoms with Gasteiger partial charge in [0.05, 0.1) is 0 Å². The van der Waals surface area contributed by atoms with Crippen molar-refractivity contribution in [2.24, 2.45) is 0 Å². The summed E-state index contributed by atoms with van der Waals surface area (Å²) in [6.07, 6.45) is 8.52. The molecule has 0 fully saturated rings. The molecule has 0 bridgehead atoms. The fourth-order valence-electron chi connectivity index (χ4n) is 5.17. The fraction of sp³-hybridized carbons (Fsp3) is 0.455. The molecule has 3 rings (SSSR count). The van der Waals surface area contributed by atoms with Gasteiger partial charge in [0.15, 0.2) is 0 Å². The van der Waals surface area contributed by atoms with Gasteiger partial charge in [0.25, 0.3) is 0 Å². The van der Waals surface area contributed by atoms with Crippen LogP contribution in [0, 0.1) is 0 Å². The van der Waals surface area contributed by atoms with E-state index in [1.165, 1.54) is 27.6 Å². The van der Waals surface area contributed by atoms with Gasteiger partial charge < -0.3 is 0 Å². The second-order valence-electron chi connectivity index (χ2n) is 8.63. The number of fused-ring (bicyclic) bond motifs is 2. The molecule has 2 unspecified atom stereocenters. The second-order valence-corrected chi connectivity index (χ2v) is 19.0. The Hall–Kier alpha value is -0.473. The summed E-state index contributed by atoms with van der Waals surface area (Å²) in [4.78, 5) is 0. The number of benzene rings is 1. The van der Waals surface area contributed by atoms with Gasteiger partial charge in [-0.1, -0.05) is 0 Å². The van der Waals surface area contributed by atoms with E-state index in [1.807, 2.05) is 5.57 Å². The Bertz CT molecular complexity index is 655. The quantitative estimate of drug-likeness (QED) is 0.367. The van der Waals surface area contributed by atoms with Crippen molar-refractivity contribution in [1.29, 1.82) is 0 Å². The normalized spacial score (nSPS) is 22.8. The van der Waals surface area contributed by atoms with E-state index in [0.29, 0.717) is 0 Å². The maximum absolute atomic E-state index is 4.08. The number of hydrogen-bond acceptors (Lipinski definition) is 0. The Labute approximate surface area is 157 Å². The summed E-state index contributed by atoms with van der Waals surface area (Å²) in [5, 5.41) is 0. The van der Waals surface area contributed by atoms with Gasteiger partial charge in [-0.25, -0.2) is 0 Å². The Morgan fingerprint density at radius 2 is 1.79 bits per heavy atom. The molecule has 2 atom stereocenters. The van der Waals surface area contributed by atoms with Crippen LogP contribution >= 0.6 is 0 Å². The van der Waals surface area contributed by atoms with Crippen LogP contribution in [0.5, 0.6) is 0 Å². The standard InChI is InChI=1S/C16H21Si.2C3H5.Sc/c1-17(2,3)16-14-10-6-4-8-12(14)13-9-5-7-11-15(13)16;2*1-3-2;/h4,6,8,10-11,16H,5,7,9H2,1-3H3;2*3H,1-2H2;. The van der Waals surface area contributed by atoms with Crippen LogP contribution in [0.15, 0.2) is 55.1 Å². The molecule has 0 aliphatic heterocycles. The van der Waals surface area contributed by atoms with E-state index in [2.05, 4.69) is 69.2 Å². The molecule has 0 amide bonds. The average Bonchev–Trinajstić information content (AvgIpc) is 2.89. The van der Waals surface area contributed by atoms with Crippen molar-refractivity contribution < 1.29 is 21.4 Å². The third-order valence-corrected chi connectivity index (χ3v) is 14.1. The van der Waals surface area contributed by atoms with Gasteiger partial charge in [-0.3, -0.25) is 0 Å². The Kier molecular flexibility index (Phi) is 5.66. The topological polar surface area (TPSA) is 0 Å². The monoisotopic (exact) mass is 368 g/mol. The number of rotatable bonds is 6. The summed E-state index contributed by atoms with van der Waals surface area (Å²) < 4.78 is 3.51. The summed E-state index contributed by atoms with van der Waals surface area (Å²) in [6, 6.07) is 9.32. The molecule has 0 heterocycles. The van der Waals surface area contributed by atoms with Crippen LogP contribution in [-0.2, 0) is 21.4 Å². The summed E-state index contributed by atoms with van der Waals surface area (Å²) in [5.41, 5.74) is 7.65. The SMILES string of the molecule is C=C[CH2][Sc]([CH2]C=C)[CH]1CCCC2=C1C([Si](C)(C)C)c1ccccc12. The maximum atomic E-state index is 4.08. The van der Waals surface area contributed by atoms with Crippen LogP contribution in [0.2, 0.25) is 31.7 Å². The molecule has 0 spiro atoms. The van der Waals surface area contributed by atoms with E-state index in [0.717, 1.165) is 9.22 Å². The van der Waals surface area contributed by atoms with Crippen molar-refractivity contribution in [3.63, 3.8) is 0 Å². The Morgan fingerprint density at radius 1 is 1.12 bits per heavy atom. The Morgan fingerprint density at radius 3 is 2.42 bits per heavy atom. The zero-order valence-corrected chi connectivity index (χ0v) is 18.4. The van der Waals surface area contributed by atoms with Gasteiger partial charge in [0, 0.05) is 0 Å². The second kappa shape index (κ2) is 7.41. The summed E-state index contributed by atoms with van der Waals surface area (Å²) in [5.74, 6) is 0. The van der Waals surface area contributed by atoms with Gasteiger partial charge in [-0.05, 0) is 0 Å². The van der Waals surface area contributed by atoms with E-state index >= 15 is 0 Å². The van der Waals surface area contributed by atoms with Crippen LogP contribution in [-0.4, -0.2) is 8.07 Å². The molecular formula is C22H31ScSi. The molecule has 0 N–H and O–H groups in total. The molecule has 1 aromatic rings. The van der Waals surface area contributed by atoms with Gasteiger partial charge in [-0.2, -0.15) is 0 Å². The molecule has 0 saturated heterocycles. The van der Waals surface area contributed by atoms with Gasteiger partial charge >= 0.3 is 158 Å². The molecule has 2 heteroatoms. The van der Waals surface area contributed by atoms with Crippen LogP contribution < -0.4 is 0 Å². The average molecular weight is 369 g/mol. The molecule has 0 radical (unpaired) electrons. The van der Waals surface area contributed by atoms with Crippen LogP contribution in [0.4, 0.5) is 0 Å². The molecular weight excluding hydrogens is 337 g/mol. The van der Waals surface area contributed by atoms with Crippen molar-refractivity contribution in [1.82, 2.24) is 0 Å². The first kappa shape index (κ1) is 18.3. The van der Waals surface area contributed by atoms with Crippen molar-refractivity contribution in [2.45, 2.75) is 56.5 Å².